The lowest BCUT2D eigenvalue weighted by Gasteiger charge is -2.44. The van der Waals surface area contributed by atoms with Crippen molar-refractivity contribution in [3.05, 3.63) is 55.1 Å². The van der Waals surface area contributed by atoms with Crippen molar-refractivity contribution in [2.24, 2.45) is 0 Å². The number of esters is 1. The van der Waals surface area contributed by atoms with Crippen molar-refractivity contribution in [3.63, 3.8) is 0 Å². The average Bonchev–Trinajstić information content (AvgIpc) is 2.61. The van der Waals surface area contributed by atoms with Crippen LogP contribution in [0.5, 0.6) is 0 Å². The maximum atomic E-state index is 13.0. The van der Waals surface area contributed by atoms with Gasteiger partial charge in [0, 0.05) is 6.54 Å². The maximum absolute atomic E-state index is 13.0. The molecule has 1 aromatic carbocycles. The summed E-state index contributed by atoms with van der Waals surface area (Å²) in [7, 11) is -3.85. The Kier molecular flexibility index (Phi) is 6.33. The first-order valence-electron chi connectivity index (χ1n) is 8.06. The molecule has 0 spiro atoms. The number of sulfonamides is 1. The van der Waals surface area contributed by atoms with Crippen molar-refractivity contribution in [2.45, 2.75) is 24.4 Å². The molecule has 1 unspecified atom stereocenters. The van der Waals surface area contributed by atoms with E-state index >= 15 is 0 Å². The lowest BCUT2D eigenvalue weighted by molar-refractivity contribution is -0.161. The van der Waals surface area contributed by atoms with Gasteiger partial charge >= 0.3 is 5.97 Å². The van der Waals surface area contributed by atoms with Gasteiger partial charge in [0.2, 0.25) is 15.9 Å². The first-order chi connectivity index (χ1) is 12.3. The van der Waals surface area contributed by atoms with E-state index in [0.29, 0.717) is 0 Å². The zero-order valence-corrected chi connectivity index (χ0v) is 15.4. The van der Waals surface area contributed by atoms with Crippen molar-refractivity contribution in [1.82, 2.24) is 9.21 Å². The van der Waals surface area contributed by atoms with Gasteiger partial charge in [-0.25, -0.2) is 8.42 Å². The number of carbonyl (C=O) groups is 2. The second-order valence-electron chi connectivity index (χ2n) is 5.85. The van der Waals surface area contributed by atoms with Gasteiger partial charge in [0.05, 0.1) is 11.3 Å². The minimum absolute atomic E-state index is 0.00761. The predicted molar refractivity (Wildman–Crippen MR) is 96.5 cm³/mol. The van der Waals surface area contributed by atoms with Crippen LogP contribution in [0, 0.1) is 6.92 Å². The number of β-lactam (4-membered cyclic amide) rings is 1. The number of likely N-dealkylation sites (tertiary alicyclic amines) is 1. The van der Waals surface area contributed by atoms with Gasteiger partial charge in [-0.05, 0) is 19.1 Å². The Bertz CT molecular complexity index is 801. The largest absolute Gasteiger partial charge is 0.460 e. The van der Waals surface area contributed by atoms with Crippen molar-refractivity contribution in [2.75, 3.05) is 19.7 Å². The second kappa shape index (κ2) is 8.29. The highest BCUT2D eigenvalue weighted by Crippen LogP contribution is 2.28. The molecule has 1 aliphatic heterocycles. The van der Waals surface area contributed by atoms with Crippen molar-refractivity contribution in [3.8, 4) is 0 Å². The van der Waals surface area contributed by atoms with E-state index < -0.39 is 22.2 Å². The van der Waals surface area contributed by atoms with Gasteiger partial charge in [-0.2, -0.15) is 4.31 Å². The number of hydrogen-bond donors (Lipinski definition) is 0. The third-order valence-electron chi connectivity index (χ3n) is 3.97. The Morgan fingerprint density at radius 1 is 1.31 bits per heavy atom. The molecule has 2 rings (SSSR count). The highest BCUT2D eigenvalue weighted by atomic mass is 32.2. The molecule has 0 radical (unpaired) electrons. The van der Waals surface area contributed by atoms with Crippen LogP contribution in [0.4, 0.5) is 0 Å². The molecule has 1 aromatic rings. The molecule has 1 atom stereocenters. The SMILES string of the molecule is C=CCOC(=O)CN1C(=O)CC1N(CC=C)S(=O)(=O)c1ccc(C)cc1. The standard InChI is InChI=1S/C18H22N2O5S/c1-4-10-20(26(23,24)15-8-6-14(3)7-9-15)16-12-17(21)19(16)13-18(22)25-11-5-2/h4-9,16H,1-2,10-13H2,3H3. The molecule has 1 saturated heterocycles. The van der Waals surface area contributed by atoms with Crippen LogP contribution in [0.3, 0.4) is 0 Å². The van der Waals surface area contributed by atoms with Crippen LogP contribution >= 0.6 is 0 Å². The van der Waals surface area contributed by atoms with Crippen LogP contribution in [0.2, 0.25) is 0 Å². The lowest BCUT2D eigenvalue weighted by Crippen LogP contribution is -2.63. The number of carbonyl (C=O) groups excluding carboxylic acids is 2. The average molecular weight is 378 g/mol. The minimum Gasteiger partial charge on any atom is -0.460 e. The van der Waals surface area contributed by atoms with Crippen LogP contribution in [0.1, 0.15) is 12.0 Å². The number of aryl methyl sites for hydroxylation is 1. The van der Waals surface area contributed by atoms with Gasteiger partial charge in [-0.1, -0.05) is 36.4 Å². The summed E-state index contributed by atoms with van der Waals surface area (Å²) in [5, 5.41) is 0. The Morgan fingerprint density at radius 2 is 1.96 bits per heavy atom. The summed E-state index contributed by atoms with van der Waals surface area (Å²) in [4.78, 5) is 25.0. The van der Waals surface area contributed by atoms with Crippen molar-refractivity contribution < 1.29 is 22.7 Å². The molecule has 140 valence electrons. The van der Waals surface area contributed by atoms with Crippen molar-refractivity contribution in [1.29, 1.82) is 0 Å². The first-order valence-corrected chi connectivity index (χ1v) is 9.50. The summed E-state index contributed by atoms with van der Waals surface area (Å²) >= 11 is 0. The van der Waals surface area contributed by atoms with Crippen LogP contribution in [0.15, 0.2) is 54.5 Å². The van der Waals surface area contributed by atoms with Crippen LogP contribution in [-0.2, 0) is 24.3 Å². The van der Waals surface area contributed by atoms with Crippen molar-refractivity contribution >= 4 is 21.9 Å². The van der Waals surface area contributed by atoms with E-state index in [4.69, 9.17) is 4.74 Å². The van der Waals surface area contributed by atoms with Gasteiger partial charge in [-0.3, -0.25) is 9.59 Å². The van der Waals surface area contributed by atoms with E-state index in [1.54, 1.807) is 12.1 Å². The maximum Gasteiger partial charge on any atom is 0.326 e. The summed E-state index contributed by atoms with van der Waals surface area (Å²) in [6, 6.07) is 6.44. The Morgan fingerprint density at radius 3 is 2.50 bits per heavy atom. The summed E-state index contributed by atoms with van der Waals surface area (Å²) in [6.45, 7) is 8.64. The monoisotopic (exact) mass is 378 g/mol. The predicted octanol–water partition coefficient (Wildman–Crippen LogP) is 1.46. The number of nitrogens with zero attached hydrogens (tertiary/aromatic N) is 2. The fourth-order valence-corrected chi connectivity index (χ4v) is 4.14. The molecular weight excluding hydrogens is 356 g/mol. The zero-order chi connectivity index (χ0) is 19.3. The molecular formula is C18H22N2O5S. The van der Waals surface area contributed by atoms with E-state index in [-0.39, 0.29) is 36.9 Å². The minimum atomic E-state index is -3.85. The molecule has 1 aliphatic rings. The third kappa shape index (κ3) is 4.20. The fourth-order valence-electron chi connectivity index (χ4n) is 2.58. The zero-order valence-electron chi connectivity index (χ0n) is 14.6. The van der Waals surface area contributed by atoms with Crippen LogP contribution in [-0.4, -0.2) is 55.4 Å². The molecule has 1 heterocycles. The Labute approximate surface area is 153 Å². The van der Waals surface area contributed by atoms with E-state index in [0.717, 1.165) is 5.56 Å². The molecule has 0 N–H and O–H groups in total. The van der Waals surface area contributed by atoms with E-state index in [1.165, 1.54) is 33.5 Å². The molecule has 8 heteroatoms. The van der Waals surface area contributed by atoms with Crippen LogP contribution in [0.25, 0.3) is 0 Å². The third-order valence-corrected chi connectivity index (χ3v) is 5.85. The quantitative estimate of drug-likeness (QED) is 0.369. The second-order valence-corrected chi connectivity index (χ2v) is 7.75. The van der Waals surface area contributed by atoms with E-state index in [1.807, 2.05) is 6.92 Å². The Hall–Kier alpha value is -2.45. The Balaban J connectivity index is 2.24. The summed E-state index contributed by atoms with van der Waals surface area (Å²) in [5.41, 5.74) is 0.935. The van der Waals surface area contributed by atoms with E-state index in [9.17, 15) is 18.0 Å². The number of hydrogen-bond acceptors (Lipinski definition) is 5. The molecule has 0 bridgehead atoms. The lowest BCUT2D eigenvalue weighted by atomic mass is 10.1. The number of amides is 1. The molecule has 1 amide bonds. The van der Waals surface area contributed by atoms with Gasteiger partial charge in [0.25, 0.3) is 0 Å². The highest BCUT2D eigenvalue weighted by Gasteiger charge is 2.45. The summed E-state index contributed by atoms with van der Waals surface area (Å²) in [5.74, 6) is -0.923. The van der Waals surface area contributed by atoms with Gasteiger partial charge < -0.3 is 9.64 Å². The molecule has 0 aromatic heterocycles. The molecule has 7 nitrogen and oxygen atoms in total. The number of rotatable bonds is 9. The van der Waals surface area contributed by atoms with Gasteiger partial charge in [-0.15, -0.1) is 6.58 Å². The molecule has 1 fully saturated rings. The van der Waals surface area contributed by atoms with Crippen LogP contribution < -0.4 is 0 Å². The number of benzene rings is 1. The summed E-state index contributed by atoms with van der Waals surface area (Å²) < 4.78 is 32.0. The topological polar surface area (TPSA) is 84.0 Å². The first kappa shape index (κ1) is 19.9. The van der Waals surface area contributed by atoms with E-state index in [2.05, 4.69) is 13.2 Å². The van der Waals surface area contributed by atoms with Gasteiger partial charge in [0.15, 0.2) is 0 Å². The highest BCUT2D eigenvalue weighted by molar-refractivity contribution is 7.89. The molecule has 0 saturated carbocycles. The normalized spacial score (nSPS) is 16.9. The molecule has 26 heavy (non-hydrogen) atoms. The molecule has 0 aliphatic carbocycles. The smallest absolute Gasteiger partial charge is 0.326 e. The number of ether oxygens (including phenoxy) is 1. The summed E-state index contributed by atoms with van der Waals surface area (Å²) in [6.07, 6.45) is 2.12. The fraction of sp³-hybridized carbons (Fsp3) is 0.333. The van der Waals surface area contributed by atoms with Gasteiger partial charge in [0.1, 0.15) is 19.3 Å².